The molecule has 2 N–H and O–H groups in total. The number of carbonyl (C=O) groups is 5. The predicted octanol–water partition coefficient (Wildman–Crippen LogP) is 8.82. The fourth-order valence-corrected chi connectivity index (χ4v) is 9.01. The average molecular weight is 911 g/mol. The van der Waals surface area contributed by atoms with Crippen LogP contribution >= 0.6 is 0 Å². The van der Waals surface area contributed by atoms with Crippen molar-refractivity contribution in [2.75, 3.05) is 41.9 Å². The minimum atomic E-state index is -0.860. The van der Waals surface area contributed by atoms with Gasteiger partial charge in [-0.05, 0) is 98.9 Å². The SMILES string of the molecule is C=CCOC(=O)N1c2cc(OCCCC(=O)Nc3cc(C(=O)Nc4ccc(-c5cc(C(=O)Cc6ccccc6)n(C)c5)cc4)n(C)c3)c(C)cc2C(=O)N2CCCC[C@H]2C1OC1CCCCO1. The lowest BCUT2D eigenvalue weighted by atomic mass is 10.00. The van der Waals surface area contributed by atoms with E-state index in [-0.39, 0.29) is 43.1 Å². The smallest absolute Gasteiger partial charge is 0.416 e. The molecule has 0 saturated carbocycles. The Morgan fingerprint density at radius 1 is 0.851 bits per heavy atom. The second-order valence-corrected chi connectivity index (χ2v) is 17.3. The molecule has 15 heteroatoms. The van der Waals surface area contributed by atoms with E-state index in [0.717, 1.165) is 42.4 Å². The van der Waals surface area contributed by atoms with Gasteiger partial charge in [0, 0.05) is 69.8 Å². The van der Waals surface area contributed by atoms with E-state index in [4.69, 9.17) is 18.9 Å². The van der Waals surface area contributed by atoms with Crippen LogP contribution in [0.5, 0.6) is 5.75 Å². The van der Waals surface area contributed by atoms with Gasteiger partial charge in [-0.25, -0.2) is 9.69 Å². The van der Waals surface area contributed by atoms with Crippen molar-refractivity contribution in [3.8, 4) is 16.9 Å². The van der Waals surface area contributed by atoms with E-state index >= 15 is 0 Å². The van der Waals surface area contributed by atoms with Gasteiger partial charge in [-0.2, -0.15) is 0 Å². The summed E-state index contributed by atoms with van der Waals surface area (Å²) in [6, 6.07) is 23.6. The molecule has 5 aromatic rings. The zero-order valence-corrected chi connectivity index (χ0v) is 38.3. The average Bonchev–Trinajstić information content (AvgIpc) is 3.89. The molecule has 15 nitrogen and oxygen atoms in total. The number of aryl methyl sites for hydroxylation is 3. The number of amides is 4. The number of carbonyl (C=O) groups excluding carboxylic acids is 5. The maximum Gasteiger partial charge on any atom is 0.416 e. The van der Waals surface area contributed by atoms with Gasteiger partial charge in [-0.3, -0.25) is 19.2 Å². The van der Waals surface area contributed by atoms with Gasteiger partial charge in [0.05, 0.1) is 35.3 Å². The molecule has 8 rings (SSSR count). The topological polar surface area (TPSA) is 163 Å². The van der Waals surface area contributed by atoms with Gasteiger partial charge in [-0.1, -0.05) is 55.1 Å². The van der Waals surface area contributed by atoms with E-state index in [9.17, 15) is 24.0 Å². The first-order valence-electron chi connectivity index (χ1n) is 23.0. The van der Waals surface area contributed by atoms with Crippen LogP contribution < -0.4 is 20.3 Å². The number of benzene rings is 3. The number of Topliss-reactive ketones (excluding diaryl/α,β-unsaturated/α-hetero) is 1. The van der Waals surface area contributed by atoms with E-state index in [2.05, 4.69) is 17.2 Å². The number of rotatable bonds is 16. The van der Waals surface area contributed by atoms with Crippen LogP contribution in [0.4, 0.5) is 21.9 Å². The third-order valence-electron chi connectivity index (χ3n) is 12.4. The molecule has 3 aliphatic heterocycles. The summed E-state index contributed by atoms with van der Waals surface area (Å²) in [6.45, 7) is 6.78. The van der Waals surface area contributed by atoms with Crippen LogP contribution in [0.25, 0.3) is 11.1 Å². The predicted molar refractivity (Wildman–Crippen MR) is 254 cm³/mol. The molecule has 2 saturated heterocycles. The third kappa shape index (κ3) is 10.8. The highest BCUT2D eigenvalue weighted by atomic mass is 16.7. The number of fused-ring (bicyclic) bond motifs is 2. The quantitative estimate of drug-likeness (QED) is 0.0560. The number of hydrogen-bond donors (Lipinski definition) is 2. The van der Waals surface area contributed by atoms with Crippen LogP contribution in [0.3, 0.4) is 0 Å². The molecule has 2 unspecified atom stereocenters. The molecule has 3 aromatic carbocycles. The minimum Gasteiger partial charge on any atom is -0.493 e. The maximum atomic E-state index is 14.2. The Kier molecular flexibility index (Phi) is 14.7. The number of hydrogen-bond acceptors (Lipinski definition) is 9. The van der Waals surface area contributed by atoms with Crippen molar-refractivity contribution in [1.29, 1.82) is 0 Å². The van der Waals surface area contributed by atoms with Gasteiger partial charge in [0.2, 0.25) is 5.91 Å². The summed E-state index contributed by atoms with van der Waals surface area (Å²) >= 11 is 0. The number of ether oxygens (including phenoxy) is 4. The second-order valence-electron chi connectivity index (χ2n) is 17.3. The summed E-state index contributed by atoms with van der Waals surface area (Å²) in [4.78, 5) is 71.0. The van der Waals surface area contributed by atoms with Crippen molar-refractivity contribution in [3.63, 3.8) is 0 Å². The van der Waals surface area contributed by atoms with Crippen molar-refractivity contribution in [2.24, 2.45) is 14.1 Å². The molecule has 2 fully saturated rings. The number of nitrogens with one attached hydrogen (secondary N) is 2. The van der Waals surface area contributed by atoms with Gasteiger partial charge in [0.15, 0.2) is 18.3 Å². The Bertz CT molecular complexity index is 2610. The summed E-state index contributed by atoms with van der Waals surface area (Å²) in [6.07, 6.45) is 8.72. The largest absolute Gasteiger partial charge is 0.493 e. The first-order chi connectivity index (χ1) is 32.5. The van der Waals surface area contributed by atoms with Crippen LogP contribution in [0, 0.1) is 6.92 Å². The lowest BCUT2D eigenvalue weighted by Gasteiger charge is -2.42. The van der Waals surface area contributed by atoms with Gasteiger partial charge in [0.25, 0.3) is 11.8 Å². The van der Waals surface area contributed by atoms with E-state index in [1.807, 2.05) is 90.3 Å². The van der Waals surface area contributed by atoms with Crippen LogP contribution in [0.2, 0.25) is 0 Å². The number of ketones is 1. The van der Waals surface area contributed by atoms with E-state index < -0.39 is 24.7 Å². The van der Waals surface area contributed by atoms with Crippen molar-refractivity contribution in [3.05, 3.63) is 132 Å². The zero-order chi connectivity index (χ0) is 47.0. The summed E-state index contributed by atoms with van der Waals surface area (Å²) in [5.41, 5.74) is 6.15. The second kappa shape index (κ2) is 21.1. The molecule has 3 atom stereocenters. The number of aromatic nitrogens is 2. The Morgan fingerprint density at radius 3 is 2.39 bits per heavy atom. The summed E-state index contributed by atoms with van der Waals surface area (Å²) in [7, 11) is 3.59. The zero-order valence-electron chi connectivity index (χ0n) is 38.3. The highest BCUT2D eigenvalue weighted by Crippen LogP contribution is 2.40. The first kappa shape index (κ1) is 46.6. The van der Waals surface area contributed by atoms with E-state index in [1.54, 1.807) is 36.0 Å². The van der Waals surface area contributed by atoms with Gasteiger partial charge < -0.3 is 43.6 Å². The molecule has 3 aliphatic rings. The lowest BCUT2D eigenvalue weighted by Crippen LogP contribution is -2.57. The third-order valence-corrected chi connectivity index (χ3v) is 12.4. The van der Waals surface area contributed by atoms with Crippen LogP contribution in [0.15, 0.2) is 104 Å². The highest BCUT2D eigenvalue weighted by Gasteiger charge is 2.46. The number of anilines is 3. The Hall–Kier alpha value is -6.97. The molecule has 350 valence electrons. The molecule has 2 aromatic heterocycles. The van der Waals surface area contributed by atoms with Gasteiger partial charge >= 0.3 is 6.09 Å². The van der Waals surface area contributed by atoms with Crippen LogP contribution in [0.1, 0.15) is 93.8 Å². The minimum absolute atomic E-state index is 0.0258. The first-order valence-corrected chi connectivity index (χ1v) is 23.0. The Balaban J connectivity index is 0.874. The lowest BCUT2D eigenvalue weighted by molar-refractivity contribution is -0.198. The standard InChI is InChI=1S/C52H58N6O9/c1-5-24-66-52(63)58-42-31-46(34(2)27-40(42)50(62)57-23-11-9-16-41(57)51(58)67-48-18-10-12-25-65-48)64-26-13-17-47(60)53-39-30-44(56(4)33-39)49(61)54-38-21-19-36(20-22-38)37-29-43(55(3)32-37)45(59)28-35-14-7-6-8-15-35/h5-8,14-15,19-22,27,29-33,41,48,51H,1,9-13,16-18,23-26,28H2,2-4H3,(H,53,60)(H,54,61)/t41-,48?,51?/m0/s1. The molecule has 0 radical (unpaired) electrons. The molecule has 67 heavy (non-hydrogen) atoms. The van der Waals surface area contributed by atoms with Crippen LogP contribution in [-0.4, -0.2) is 88.6 Å². The Labute approximate surface area is 390 Å². The molecule has 0 bridgehead atoms. The van der Waals surface area contributed by atoms with E-state index in [0.29, 0.717) is 84.2 Å². The van der Waals surface area contributed by atoms with Gasteiger partial charge in [-0.15, -0.1) is 0 Å². The summed E-state index contributed by atoms with van der Waals surface area (Å²) < 4.78 is 27.9. The van der Waals surface area contributed by atoms with E-state index in [1.165, 1.54) is 11.0 Å². The van der Waals surface area contributed by atoms with Crippen molar-refractivity contribution < 1.29 is 42.9 Å². The summed E-state index contributed by atoms with van der Waals surface area (Å²) in [5, 5.41) is 5.81. The summed E-state index contributed by atoms with van der Waals surface area (Å²) in [5.74, 6) is -0.312. The molecular weight excluding hydrogens is 853 g/mol. The van der Waals surface area contributed by atoms with Crippen molar-refractivity contribution in [1.82, 2.24) is 14.0 Å². The Morgan fingerprint density at radius 2 is 1.63 bits per heavy atom. The van der Waals surface area contributed by atoms with Crippen LogP contribution in [-0.2, 0) is 39.5 Å². The van der Waals surface area contributed by atoms with Crippen molar-refractivity contribution >= 4 is 46.7 Å². The molecule has 5 heterocycles. The fourth-order valence-electron chi connectivity index (χ4n) is 9.01. The molecular formula is C52H58N6O9. The number of nitrogens with zero attached hydrogens (tertiary/aromatic N) is 4. The fraction of sp³-hybridized carbons (Fsp3) is 0.365. The molecule has 4 amide bonds. The molecule has 0 aliphatic carbocycles. The monoisotopic (exact) mass is 910 g/mol. The number of piperidine rings is 1. The van der Waals surface area contributed by atoms with Gasteiger partial charge in [0.1, 0.15) is 18.1 Å². The van der Waals surface area contributed by atoms with Crippen molar-refractivity contribution in [2.45, 2.75) is 83.3 Å². The highest BCUT2D eigenvalue weighted by molar-refractivity contribution is 6.06. The maximum absolute atomic E-state index is 14.2. The molecule has 0 spiro atoms. The normalized spacial score (nSPS) is 18.0.